The highest BCUT2D eigenvalue weighted by Gasteiger charge is 2.31. The summed E-state index contributed by atoms with van der Waals surface area (Å²) in [5.74, 6) is -2.20. The van der Waals surface area contributed by atoms with Crippen LogP contribution in [0.15, 0.2) is 40.8 Å². The fourth-order valence-corrected chi connectivity index (χ4v) is 3.83. The van der Waals surface area contributed by atoms with Crippen LogP contribution in [-0.2, 0) is 0 Å². The molecule has 1 aromatic heterocycles. The predicted octanol–water partition coefficient (Wildman–Crippen LogP) is 5.57. The summed E-state index contributed by atoms with van der Waals surface area (Å²) < 4.78 is 19.4. The zero-order chi connectivity index (χ0) is 22.4. The number of furan rings is 1. The van der Waals surface area contributed by atoms with Crippen LogP contribution < -0.4 is 5.73 Å². The van der Waals surface area contributed by atoms with Gasteiger partial charge in [0.15, 0.2) is 11.5 Å². The Balaban J connectivity index is 1.80. The SMILES string of the molecule is Nc1c(C(=O)c2ccc(Cl)cc2Cl)oc2c1C(=O)CC(c1cc(F)cc([N+](=O)[O-])c1)=C2. The highest BCUT2D eigenvalue weighted by atomic mass is 35.5. The minimum absolute atomic E-state index is 0.00380. The van der Waals surface area contributed by atoms with Crippen LogP contribution in [0.25, 0.3) is 11.6 Å². The van der Waals surface area contributed by atoms with E-state index in [1.807, 2.05) is 0 Å². The standard InChI is InChI=1S/C21H11Cl2FN2O5/c22-11-1-2-14(15(23)7-11)20(28)21-19(25)18-16(27)5-10(6-17(18)31-21)9-3-12(24)8-13(4-9)26(29)30/h1-4,6-8H,5,25H2. The van der Waals surface area contributed by atoms with Crippen molar-refractivity contribution < 1.29 is 23.3 Å². The van der Waals surface area contributed by atoms with Gasteiger partial charge in [0.05, 0.1) is 27.3 Å². The van der Waals surface area contributed by atoms with Crippen molar-refractivity contribution in [2.24, 2.45) is 0 Å². The molecule has 2 N–H and O–H groups in total. The van der Waals surface area contributed by atoms with Gasteiger partial charge in [0.2, 0.25) is 5.78 Å². The quantitative estimate of drug-likeness (QED) is 0.308. The molecule has 0 unspecified atom stereocenters. The number of benzene rings is 2. The maximum atomic E-state index is 13.8. The Morgan fingerprint density at radius 3 is 2.61 bits per heavy atom. The molecule has 156 valence electrons. The summed E-state index contributed by atoms with van der Waals surface area (Å²) >= 11 is 11.9. The van der Waals surface area contributed by atoms with E-state index >= 15 is 0 Å². The number of non-ortho nitro benzene ring substituents is 1. The van der Waals surface area contributed by atoms with Crippen molar-refractivity contribution in [1.29, 1.82) is 0 Å². The lowest BCUT2D eigenvalue weighted by Gasteiger charge is -2.12. The molecular formula is C21H11Cl2FN2O5. The summed E-state index contributed by atoms with van der Waals surface area (Å²) in [4.78, 5) is 35.9. The van der Waals surface area contributed by atoms with Gasteiger partial charge >= 0.3 is 0 Å². The number of nitrogens with zero attached hydrogens (tertiary/aromatic N) is 1. The molecule has 0 amide bonds. The number of fused-ring (bicyclic) bond motifs is 1. The highest BCUT2D eigenvalue weighted by Crippen LogP contribution is 2.38. The van der Waals surface area contributed by atoms with E-state index < -0.39 is 28.0 Å². The van der Waals surface area contributed by atoms with Crippen molar-refractivity contribution in [3.63, 3.8) is 0 Å². The summed E-state index contributed by atoms with van der Waals surface area (Å²) in [5, 5.41) is 11.4. The molecule has 1 heterocycles. The van der Waals surface area contributed by atoms with E-state index in [0.29, 0.717) is 5.02 Å². The van der Waals surface area contributed by atoms with Crippen LogP contribution in [0.3, 0.4) is 0 Å². The van der Waals surface area contributed by atoms with Crippen molar-refractivity contribution in [1.82, 2.24) is 0 Å². The Morgan fingerprint density at radius 2 is 1.94 bits per heavy atom. The number of carbonyl (C=O) groups is 2. The summed E-state index contributed by atoms with van der Waals surface area (Å²) in [5.41, 5.74) is 5.96. The van der Waals surface area contributed by atoms with Crippen molar-refractivity contribution >= 4 is 57.8 Å². The van der Waals surface area contributed by atoms with E-state index in [-0.39, 0.29) is 50.9 Å². The molecule has 0 aliphatic heterocycles. The first-order chi connectivity index (χ1) is 14.7. The van der Waals surface area contributed by atoms with Gasteiger partial charge in [0.25, 0.3) is 5.69 Å². The highest BCUT2D eigenvalue weighted by molar-refractivity contribution is 6.37. The molecular weight excluding hydrogens is 450 g/mol. The second-order valence-corrected chi connectivity index (χ2v) is 7.61. The number of hydrogen-bond donors (Lipinski definition) is 1. The molecule has 0 spiro atoms. The summed E-state index contributed by atoms with van der Waals surface area (Å²) in [7, 11) is 0. The molecule has 4 rings (SSSR count). The van der Waals surface area contributed by atoms with Gasteiger partial charge in [-0.25, -0.2) is 4.39 Å². The molecule has 1 aliphatic rings. The van der Waals surface area contributed by atoms with Crippen molar-refractivity contribution in [2.75, 3.05) is 5.73 Å². The zero-order valence-electron chi connectivity index (χ0n) is 15.4. The zero-order valence-corrected chi connectivity index (χ0v) is 17.0. The number of nitrogens with two attached hydrogens (primary N) is 1. The Hall–Kier alpha value is -3.49. The van der Waals surface area contributed by atoms with E-state index in [4.69, 9.17) is 33.4 Å². The number of nitrogen functional groups attached to an aromatic ring is 1. The largest absolute Gasteiger partial charge is 0.450 e. The average Bonchev–Trinajstić information content (AvgIpc) is 3.04. The molecule has 0 fully saturated rings. The third kappa shape index (κ3) is 3.71. The maximum Gasteiger partial charge on any atom is 0.272 e. The fraction of sp³-hybridized carbons (Fsp3) is 0.0476. The monoisotopic (exact) mass is 460 g/mol. The number of nitro benzene ring substituents is 1. The summed E-state index contributed by atoms with van der Waals surface area (Å²) in [6, 6.07) is 7.26. The van der Waals surface area contributed by atoms with Crippen LogP contribution in [-0.4, -0.2) is 16.5 Å². The predicted molar refractivity (Wildman–Crippen MR) is 113 cm³/mol. The molecule has 0 saturated heterocycles. The molecule has 31 heavy (non-hydrogen) atoms. The molecule has 0 atom stereocenters. The van der Waals surface area contributed by atoms with Gasteiger partial charge in [-0.1, -0.05) is 23.2 Å². The minimum Gasteiger partial charge on any atom is -0.450 e. The second-order valence-electron chi connectivity index (χ2n) is 6.76. The van der Waals surface area contributed by atoms with Gasteiger partial charge in [-0.15, -0.1) is 0 Å². The van der Waals surface area contributed by atoms with Crippen molar-refractivity contribution in [3.05, 3.63) is 90.6 Å². The lowest BCUT2D eigenvalue weighted by Crippen LogP contribution is -2.10. The third-order valence-corrected chi connectivity index (χ3v) is 5.30. The van der Waals surface area contributed by atoms with Gasteiger partial charge in [-0.3, -0.25) is 19.7 Å². The first-order valence-electron chi connectivity index (χ1n) is 8.77. The third-order valence-electron chi connectivity index (χ3n) is 4.75. The lowest BCUT2D eigenvalue weighted by molar-refractivity contribution is -0.385. The van der Waals surface area contributed by atoms with E-state index in [1.165, 1.54) is 24.3 Å². The van der Waals surface area contributed by atoms with E-state index in [0.717, 1.165) is 18.2 Å². The fourth-order valence-electron chi connectivity index (χ4n) is 3.34. The smallest absolute Gasteiger partial charge is 0.272 e. The second kappa shape index (κ2) is 7.64. The van der Waals surface area contributed by atoms with Gasteiger partial charge < -0.3 is 10.2 Å². The number of anilines is 1. The number of ketones is 2. The van der Waals surface area contributed by atoms with Crippen LogP contribution >= 0.6 is 23.2 Å². The van der Waals surface area contributed by atoms with Crippen molar-refractivity contribution in [2.45, 2.75) is 6.42 Å². The topological polar surface area (TPSA) is 116 Å². The molecule has 3 aromatic rings. The first-order valence-corrected chi connectivity index (χ1v) is 9.52. The Kier molecular flexibility index (Phi) is 5.12. The number of rotatable bonds is 4. The van der Waals surface area contributed by atoms with E-state index in [9.17, 15) is 24.1 Å². The van der Waals surface area contributed by atoms with Gasteiger partial charge in [0, 0.05) is 23.1 Å². The molecule has 1 aliphatic carbocycles. The van der Waals surface area contributed by atoms with Crippen LogP contribution in [0, 0.1) is 15.9 Å². The lowest BCUT2D eigenvalue weighted by atomic mass is 9.90. The molecule has 7 nitrogen and oxygen atoms in total. The van der Waals surface area contributed by atoms with Gasteiger partial charge in [-0.05, 0) is 41.5 Å². The molecule has 10 heteroatoms. The number of halogens is 3. The normalized spacial score (nSPS) is 13.0. The van der Waals surface area contributed by atoms with E-state index in [1.54, 1.807) is 0 Å². The molecule has 0 saturated carbocycles. The van der Waals surface area contributed by atoms with E-state index in [2.05, 4.69) is 0 Å². The van der Waals surface area contributed by atoms with Gasteiger partial charge in [-0.2, -0.15) is 0 Å². The van der Waals surface area contributed by atoms with Gasteiger partial charge in [0.1, 0.15) is 11.6 Å². The number of carbonyl (C=O) groups excluding carboxylic acids is 2. The summed E-state index contributed by atoms with van der Waals surface area (Å²) in [6.07, 6.45) is 1.21. The molecule has 0 bridgehead atoms. The number of nitro groups is 1. The number of Topliss-reactive ketones (excluding diaryl/α,β-unsaturated/α-hetero) is 1. The molecule has 2 aromatic carbocycles. The van der Waals surface area contributed by atoms with Crippen LogP contribution in [0.5, 0.6) is 0 Å². The first kappa shape index (κ1) is 20.8. The Morgan fingerprint density at radius 1 is 1.19 bits per heavy atom. The molecule has 0 radical (unpaired) electrons. The van der Waals surface area contributed by atoms with Crippen molar-refractivity contribution in [3.8, 4) is 0 Å². The Bertz CT molecular complexity index is 1330. The van der Waals surface area contributed by atoms with Crippen LogP contribution in [0.4, 0.5) is 15.8 Å². The van der Waals surface area contributed by atoms with Crippen LogP contribution in [0.2, 0.25) is 10.0 Å². The van der Waals surface area contributed by atoms with Crippen LogP contribution in [0.1, 0.15) is 44.2 Å². The number of allylic oxidation sites excluding steroid dienone is 1. The average molecular weight is 461 g/mol. The summed E-state index contributed by atoms with van der Waals surface area (Å²) in [6.45, 7) is 0. The Labute approximate surface area is 184 Å². The maximum absolute atomic E-state index is 13.8. The minimum atomic E-state index is -0.824. The number of hydrogen-bond acceptors (Lipinski definition) is 6.